The van der Waals surface area contributed by atoms with Gasteiger partial charge in [-0.05, 0) is 30.4 Å². The van der Waals surface area contributed by atoms with E-state index in [1.807, 2.05) is 0 Å². The van der Waals surface area contributed by atoms with Gasteiger partial charge in [-0.3, -0.25) is 4.68 Å². The van der Waals surface area contributed by atoms with Crippen LogP contribution in [0.15, 0.2) is 23.6 Å². The van der Waals surface area contributed by atoms with Gasteiger partial charge in [-0.15, -0.1) is 11.3 Å². The topological polar surface area (TPSA) is 43.8 Å². The van der Waals surface area contributed by atoms with E-state index in [9.17, 15) is 0 Å². The van der Waals surface area contributed by atoms with E-state index in [0.717, 1.165) is 5.69 Å². The molecule has 0 bridgehead atoms. The van der Waals surface area contributed by atoms with Gasteiger partial charge in [-0.2, -0.15) is 5.10 Å². The van der Waals surface area contributed by atoms with Crippen LogP contribution in [0.25, 0.3) is 10.6 Å². The van der Waals surface area contributed by atoms with Crippen LogP contribution in [0, 0.1) is 0 Å². The second kappa shape index (κ2) is 4.63. The first-order valence-electron chi connectivity index (χ1n) is 6.21. The average molecular weight is 247 g/mol. The van der Waals surface area contributed by atoms with Crippen LogP contribution in [0.5, 0.6) is 0 Å². The highest BCUT2D eigenvalue weighted by molar-refractivity contribution is 7.13. The number of thiophene rings is 1. The molecule has 0 unspecified atom stereocenters. The summed E-state index contributed by atoms with van der Waals surface area (Å²) in [7, 11) is 0. The summed E-state index contributed by atoms with van der Waals surface area (Å²) in [6.45, 7) is 0.578. The molecule has 2 heterocycles. The number of hydrogen-bond acceptors (Lipinski definition) is 3. The van der Waals surface area contributed by atoms with Gasteiger partial charge in [-0.25, -0.2) is 0 Å². The van der Waals surface area contributed by atoms with Crippen molar-refractivity contribution in [3.63, 3.8) is 0 Å². The molecular weight excluding hydrogens is 230 g/mol. The van der Waals surface area contributed by atoms with E-state index < -0.39 is 0 Å². The Morgan fingerprint density at radius 1 is 1.41 bits per heavy atom. The molecule has 2 aromatic rings. The van der Waals surface area contributed by atoms with E-state index in [2.05, 4.69) is 28.3 Å². The molecule has 3 rings (SSSR count). The third kappa shape index (κ3) is 2.03. The molecule has 2 N–H and O–H groups in total. The first kappa shape index (κ1) is 11.0. The van der Waals surface area contributed by atoms with Crippen molar-refractivity contribution in [2.45, 2.75) is 38.3 Å². The minimum absolute atomic E-state index is 0.572. The lowest BCUT2D eigenvalue weighted by Gasteiger charge is -2.12. The Bertz CT molecular complexity index is 481. The van der Waals surface area contributed by atoms with Gasteiger partial charge in [0, 0.05) is 6.54 Å². The lowest BCUT2D eigenvalue weighted by molar-refractivity contribution is 0.451. The third-order valence-corrected chi connectivity index (χ3v) is 4.36. The van der Waals surface area contributed by atoms with E-state index in [1.54, 1.807) is 11.3 Å². The molecule has 1 aliphatic carbocycles. The van der Waals surface area contributed by atoms with Gasteiger partial charge in [0.05, 0.1) is 16.6 Å². The number of rotatable bonds is 3. The van der Waals surface area contributed by atoms with Crippen molar-refractivity contribution >= 4 is 11.3 Å². The van der Waals surface area contributed by atoms with E-state index in [4.69, 9.17) is 10.8 Å². The van der Waals surface area contributed by atoms with Gasteiger partial charge in [0.2, 0.25) is 0 Å². The molecule has 4 heteroatoms. The summed E-state index contributed by atoms with van der Waals surface area (Å²) in [5, 5.41) is 6.84. The summed E-state index contributed by atoms with van der Waals surface area (Å²) in [5.41, 5.74) is 8.07. The largest absolute Gasteiger partial charge is 0.325 e. The summed E-state index contributed by atoms with van der Waals surface area (Å²) >= 11 is 1.73. The number of hydrogen-bond donors (Lipinski definition) is 1. The fourth-order valence-electron chi connectivity index (χ4n) is 2.60. The zero-order valence-electron chi connectivity index (χ0n) is 9.80. The van der Waals surface area contributed by atoms with E-state index >= 15 is 0 Å². The summed E-state index contributed by atoms with van der Waals surface area (Å²) in [4.78, 5) is 1.23. The molecule has 1 saturated carbocycles. The predicted molar refractivity (Wildman–Crippen MR) is 70.9 cm³/mol. The van der Waals surface area contributed by atoms with Crippen LogP contribution in [0.3, 0.4) is 0 Å². The first-order chi connectivity index (χ1) is 8.38. The molecule has 1 fully saturated rings. The smallest absolute Gasteiger partial charge is 0.103 e. The van der Waals surface area contributed by atoms with Crippen molar-refractivity contribution in [1.29, 1.82) is 0 Å². The van der Waals surface area contributed by atoms with E-state index in [0.29, 0.717) is 12.6 Å². The molecule has 3 nitrogen and oxygen atoms in total. The van der Waals surface area contributed by atoms with Gasteiger partial charge in [-0.1, -0.05) is 18.9 Å². The van der Waals surface area contributed by atoms with Crippen molar-refractivity contribution in [3.8, 4) is 10.6 Å². The summed E-state index contributed by atoms with van der Waals surface area (Å²) in [6.07, 6.45) is 5.14. The molecule has 0 amide bonds. The van der Waals surface area contributed by atoms with Crippen molar-refractivity contribution in [2.24, 2.45) is 5.73 Å². The van der Waals surface area contributed by atoms with E-state index in [1.165, 1.54) is 36.3 Å². The summed E-state index contributed by atoms with van der Waals surface area (Å²) in [5.74, 6) is 0. The van der Waals surface area contributed by atoms with Crippen LogP contribution in [-0.4, -0.2) is 9.78 Å². The van der Waals surface area contributed by atoms with Crippen molar-refractivity contribution in [2.75, 3.05) is 0 Å². The maximum Gasteiger partial charge on any atom is 0.103 e. The molecule has 2 aromatic heterocycles. The Balaban J connectivity index is 1.97. The van der Waals surface area contributed by atoms with Gasteiger partial charge in [0.25, 0.3) is 0 Å². The highest BCUT2D eigenvalue weighted by atomic mass is 32.1. The first-order valence-corrected chi connectivity index (χ1v) is 7.09. The van der Waals surface area contributed by atoms with Crippen molar-refractivity contribution < 1.29 is 0 Å². The van der Waals surface area contributed by atoms with Crippen LogP contribution in [0.1, 0.15) is 37.4 Å². The standard InChI is InChI=1S/C13H17N3S/c14-9-11-8-12(13-6-3-7-17-13)15-16(11)10-4-1-2-5-10/h3,6-8,10H,1-2,4-5,9,14H2. The second-order valence-electron chi connectivity index (χ2n) is 4.59. The lowest BCUT2D eigenvalue weighted by Crippen LogP contribution is -2.13. The highest BCUT2D eigenvalue weighted by Crippen LogP contribution is 2.32. The minimum Gasteiger partial charge on any atom is -0.325 e. The Morgan fingerprint density at radius 3 is 2.88 bits per heavy atom. The maximum atomic E-state index is 5.83. The quantitative estimate of drug-likeness (QED) is 0.905. The van der Waals surface area contributed by atoms with Crippen LogP contribution < -0.4 is 5.73 Å². The minimum atomic E-state index is 0.572. The molecule has 1 aliphatic rings. The summed E-state index contributed by atoms with van der Waals surface area (Å²) in [6, 6.07) is 6.90. The number of nitrogens with two attached hydrogens (primary N) is 1. The van der Waals surface area contributed by atoms with Gasteiger partial charge >= 0.3 is 0 Å². The Hall–Kier alpha value is -1.13. The molecule has 0 atom stereocenters. The molecular formula is C13H17N3S. The Kier molecular flexibility index (Phi) is 2.99. The summed E-state index contributed by atoms with van der Waals surface area (Å²) < 4.78 is 2.17. The highest BCUT2D eigenvalue weighted by Gasteiger charge is 2.21. The van der Waals surface area contributed by atoms with Crippen LogP contribution in [0.4, 0.5) is 0 Å². The Labute approximate surface area is 105 Å². The maximum absolute atomic E-state index is 5.83. The monoisotopic (exact) mass is 247 g/mol. The molecule has 17 heavy (non-hydrogen) atoms. The molecule has 0 radical (unpaired) electrons. The van der Waals surface area contributed by atoms with Crippen molar-refractivity contribution in [1.82, 2.24) is 9.78 Å². The average Bonchev–Trinajstić information content (AvgIpc) is 3.09. The number of nitrogens with zero attached hydrogens (tertiary/aromatic N) is 2. The number of aromatic nitrogens is 2. The fourth-order valence-corrected chi connectivity index (χ4v) is 3.28. The van der Waals surface area contributed by atoms with Crippen molar-refractivity contribution in [3.05, 3.63) is 29.3 Å². The second-order valence-corrected chi connectivity index (χ2v) is 5.53. The van der Waals surface area contributed by atoms with Crippen LogP contribution in [-0.2, 0) is 6.54 Å². The zero-order valence-corrected chi connectivity index (χ0v) is 10.6. The van der Waals surface area contributed by atoms with Gasteiger partial charge in [0.15, 0.2) is 0 Å². The Morgan fingerprint density at radius 2 is 2.24 bits per heavy atom. The molecule has 0 aromatic carbocycles. The van der Waals surface area contributed by atoms with Gasteiger partial charge in [0.1, 0.15) is 5.69 Å². The van der Waals surface area contributed by atoms with Crippen LogP contribution >= 0.6 is 11.3 Å². The molecule has 90 valence electrons. The normalized spacial score (nSPS) is 16.8. The molecule has 0 saturated heterocycles. The van der Waals surface area contributed by atoms with Gasteiger partial charge < -0.3 is 5.73 Å². The fraction of sp³-hybridized carbons (Fsp3) is 0.462. The third-order valence-electron chi connectivity index (χ3n) is 3.47. The van der Waals surface area contributed by atoms with E-state index in [-0.39, 0.29) is 0 Å². The SMILES string of the molecule is NCc1cc(-c2cccs2)nn1C1CCCC1. The lowest BCUT2D eigenvalue weighted by atomic mass is 10.2. The van der Waals surface area contributed by atoms with Crippen LogP contribution in [0.2, 0.25) is 0 Å². The predicted octanol–water partition coefficient (Wildman–Crippen LogP) is 3.19. The zero-order chi connectivity index (χ0) is 11.7. The molecule has 0 spiro atoms. The molecule has 0 aliphatic heterocycles.